The molecule has 0 saturated carbocycles. The zero-order valence-electron chi connectivity index (χ0n) is 14.8. The van der Waals surface area contributed by atoms with E-state index in [-0.39, 0.29) is 11.8 Å². The fraction of sp³-hybridized carbons (Fsp3) is 0.286. The Morgan fingerprint density at radius 2 is 1.84 bits per heavy atom. The molecule has 4 heteroatoms. The molecule has 25 heavy (non-hydrogen) atoms. The van der Waals surface area contributed by atoms with Gasteiger partial charge in [0.15, 0.2) is 0 Å². The molecular weight excluding hydrogens is 332 g/mol. The Hall–Kier alpha value is -2.10. The standard InChI is InChI=1S/C21H25ClN2O/c1-4-15-21(16(3)5-2,18-11-13-19(22)14-12-18)24-23-20(25)17-9-7-6-8-10-17/h5-14,16,24H,2,4,15H2,1,3H3,(H,23,25)/t16-,21+/m1/s1. The zero-order valence-corrected chi connectivity index (χ0v) is 15.5. The molecular formula is C21H25ClN2O. The van der Waals surface area contributed by atoms with Gasteiger partial charge in [-0.2, -0.15) is 0 Å². The molecule has 0 aliphatic heterocycles. The Kier molecular flexibility index (Phi) is 6.80. The smallest absolute Gasteiger partial charge is 0.265 e. The number of hydrazine groups is 1. The van der Waals surface area contributed by atoms with Crippen LogP contribution in [0.3, 0.4) is 0 Å². The monoisotopic (exact) mass is 356 g/mol. The van der Waals surface area contributed by atoms with Crippen molar-refractivity contribution in [3.63, 3.8) is 0 Å². The maximum absolute atomic E-state index is 12.5. The Bertz CT molecular complexity index is 700. The van der Waals surface area contributed by atoms with E-state index in [2.05, 4.69) is 31.3 Å². The molecule has 0 unspecified atom stereocenters. The SMILES string of the molecule is C=C[C@@H](C)[C@](CCC)(NNC(=O)c1ccccc1)c1ccc(Cl)cc1. The molecule has 2 rings (SSSR count). The van der Waals surface area contributed by atoms with Gasteiger partial charge in [-0.15, -0.1) is 6.58 Å². The number of carbonyl (C=O) groups is 1. The van der Waals surface area contributed by atoms with Gasteiger partial charge in [-0.1, -0.05) is 68.3 Å². The Morgan fingerprint density at radius 1 is 1.20 bits per heavy atom. The van der Waals surface area contributed by atoms with Gasteiger partial charge in [0.1, 0.15) is 0 Å². The molecule has 2 atom stereocenters. The molecule has 0 heterocycles. The van der Waals surface area contributed by atoms with E-state index < -0.39 is 5.54 Å². The third-order valence-corrected chi connectivity index (χ3v) is 4.82. The van der Waals surface area contributed by atoms with Crippen LogP contribution in [0.5, 0.6) is 0 Å². The number of hydrogen-bond acceptors (Lipinski definition) is 2. The summed E-state index contributed by atoms with van der Waals surface area (Å²) in [6.07, 6.45) is 3.71. The lowest BCUT2D eigenvalue weighted by molar-refractivity contribution is 0.0879. The molecule has 2 aromatic rings. The van der Waals surface area contributed by atoms with E-state index in [1.165, 1.54) is 0 Å². The quantitative estimate of drug-likeness (QED) is 0.510. The second-order valence-corrected chi connectivity index (χ2v) is 6.63. The normalized spacial score (nSPS) is 14.4. The summed E-state index contributed by atoms with van der Waals surface area (Å²) in [6.45, 7) is 8.18. The highest BCUT2D eigenvalue weighted by atomic mass is 35.5. The Labute approximate surface area is 155 Å². The molecule has 0 aliphatic carbocycles. The third kappa shape index (κ3) is 4.50. The minimum atomic E-state index is -0.453. The topological polar surface area (TPSA) is 41.1 Å². The highest BCUT2D eigenvalue weighted by molar-refractivity contribution is 6.30. The minimum absolute atomic E-state index is 0.102. The molecule has 0 bridgehead atoms. The van der Waals surface area contributed by atoms with Crippen LogP contribution >= 0.6 is 11.6 Å². The summed E-state index contributed by atoms with van der Waals surface area (Å²) in [7, 11) is 0. The van der Waals surface area contributed by atoms with Gasteiger partial charge in [-0.3, -0.25) is 10.2 Å². The van der Waals surface area contributed by atoms with Crippen molar-refractivity contribution in [2.75, 3.05) is 0 Å². The molecule has 0 aromatic heterocycles. The van der Waals surface area contributed by atoms with E-state index in [0.29, 0.717) is 10.6 Å². The van der Waals surface area contributed by atoms with Crippen molar-refractivity contribution in [2.45, 2.75) is 32.2 Å². The van der Waals surface area contributed by atoms with Crippen molar-refractivity contribution < 1.29 is 4.79 Å². The Morgan fingerprint density at radius 3 is 2.40 bits per heavy atom. The summed E-state index contributed by atoms with van der Waals surface area (Å²) < 4.78 is 0. The molecule has 1 amide bonds. The number of amides is 1. The van der Waals surface area contributed by atoms with Gasteiger partial charge < -0.3 is 0 Å². The predicted octanol–water partition coefficient (Wildman–Crippen LogP) is 5.09. The summed E-state index contributed by atoms with van der Waals surface area (Å²) >= 11 is 6.05. The van der Waals surface area contributed by atoms with Crippen molar-refractivity contribution in [1.29, 1.82) is 0 Å². The molecule has 2 aromatic carbocycles. The highest BCUT2D eigenvalue weighted by Gasteiger charge is 2.36. The first-order valence-electron chi connectivity index (χ1n) is 8.54. The van der Waals surface area contributed by atoms with Crippen LogP contribution in [-0.2, 0) is 5.54 Å². The lowest BCUT2D eigenvalue weighted by atomic mass is 9.76. The first-order valence-corrected chi connectivity index (χ1v) is 8.92. The molecule has 0 aliphatic rings. The second-order valence-electron chi connectivity index (χ2n) is 6.20. The van der Waals surface area contributed by atoms with Crippen LogP contribution in [0.4, 0.5) is 0 Å². The first-order chi connectivity index (χ1) is 12.0. The lowest BCUT2D eigenvalue weighted by Crippen LogP contribution is -2.55. The summed E-state index contributed by atoms with van der Waals surface area (Å²) in [5, 5.41) is 0.689. The van der Waals surface area contributed by atoms with Crippen LogP contribution < -0.4 is 10.9 Å². The van der Waals surface area contributed by atoms with E-state index in [9.17, 15) is 4.79 Å². The summed E-state index contributed by atoms with van der Waals surface area (Å²) in [4.78, 5) is 12.5. The van der Waals surface area contributed by atoms with E-state index in [0.717, 1.165) is 18.4 Å². The van der Waals surface area contributed by atoms with Crippen LogP contribution in [0.25, 0.3) is 0 Å². The molecule has 0 saturated heterocycles. The van der Waals surface area contributed by atoms with E-state index >= 15 is 0 Å². The third-order valence-electron chi connectivity index (χ3n) is 4.57. The lowest BCUT2D eigenvalue weighted by Gasteiger charge is -2.39. The largest absolute Gasteiger partial charge is 0.287 e. The summed E-state index contributed by atoms with van der Waals surface area (Å²) in [6, 6.07) is 16.9. The summed E-state index contributed by atoms with van der Waals surface area (Å²) in [5.41, 5.74) is 7.42. The second kappa shape index (κ2) is 8.84. The van der Waals surface area contributed by atoms with Gasteiger partial charge in [-0.05, 0) is 42.2 Å². The van der Waals surface area contributed by atoms with Crippen LogP contribution in [0.1, 0.15) is 42.6 Å². The first kappa shape index (κ1) is 19.2. The van der Waals surface area contributed by atoms with Gasteiger partial charge in [0.05, 0.1) is 5.54 Å². The van der Waals surface area contributed by atoms with Crippen LogP contribution in [-0.4, -0.2) is 5.91 Å². The van der Waals surface area contributed by atoms with Crippen molar-refractivity contribution in [3.8, 4) is 0 Å². The van der Waals surface area contributed by atoms with Crippen molar-refractivity contribution in [3.05, 3.63) is 83.4 Å². The minimum Gasteiger partial charge on any atom is -0.287 e. The maximum Gasteiger partial charge on any atom is 0.265 e. The van der Waals surface area contributed by atoms with Crippen LogP contribution in [0.15, 0.2) is 67.3 Å². The predicted molar refractivity (Wildman–Crippen MR) is 104 cm³/mol. The molecule has 2 N–H and O–H groups in total. The highest BCUT2D eigenvalue weighted by Crippen LogP contribution is 2.35. The summed E-state index contributed by atoms with van der Waals surface area (Å²) in [5.74, 6) is -0.0593. The molecule has 132 valence electrons. The van der Waals surface area contributed by atoms with E-state index in [1.54, 1.807) is 12.1 Å². The fourth-order valence-corrected chi connectivity index (χ4v) is 3.18. The molecule has 0 fully saturated rings. The van der Waals surface area contributed by atoms with Crippen molar-refractivity contribution in [1.82, 2.24) is 10.9 Å². The van der Waals surface area contributed by atoms with Crippen LogP contribution in [0, 0.1) is 5.92 Å². The van der Waals surface area contributed by atoms with Gasteiger partial charge >= 0.3 is 0 Å². The average Bonchev–Trinajstić information content (AvgIpc) is 2.65. The average molecular weight is 357 g/mol. The molecule has 3 nitrogen and oxygen atoms in total. The van der Waals surface area contributed by atoms with Gasteiger partial charge in [-0.25, -0.2) is 5.43 Å². The molecule has 0 radical (unpaired) electrons. The number of hydrogen-bond donors (Lipinski definition) is 2. The van der Waals surface area contributed by atoms with Gasteiger partial charge in [0.2, 0.25) is 0 Å². The van der Waals surface area contributed by atoms with E-state index in [1.807, 2.05) is 48.5 Å². The Balaban J connectivity index is 2.31. The van der Waals surface area contributed by atoms with E-state index in [4.69, 9.17) is 11.6 Å². The number of benzene rings is 2. The fourth-order valence-electron chi connectivity index (χ4n) is 3.06. The van der Waals surface area contributed by atoms with Crippen molar-refractivity contribution >= 4 is 17.5 Å². The van der Waals surface area contributed by atoms with Crippen LogP contribution in [0.2, 0.25) is 5.02 Å². The number of rotatable bonds is 8. The van der Waals surface area contributed by atoms with Crippen molar-refractivity contribution in [2.24, 2.45) is 5.92 Å². The maximum atomic E-state index is 12.5. The van der Waals surface area contributed by atoms with Gasteiger partial charge in [0, 0.05) is 10.6 Å². The number of nitrogens with one attached hydrogen (secondary N) is 2. The number of halogens is 1. The molecule has 0 spiro atoms. The van der Waals surface area contributed by atoms with Gasteiger partial charge in [0.25, 0.3) is 5.91 Å². The zero-order chi connectivity index (χ0) is 18.3. The number of carbonyl (C=O) groups excluding carboxylic acids is 1.